The van der Waals surface area contributed by atoms with E-state index in [4.69, 9.17) is 18.6 Å². The lowest BCUT2D eigenvalue weighted by Gasteiger charge is -2.26. The van der Waals surface area contributed by atoms with Crippen molar-refractivity contribution < 1.29 is 27.8 Å². The molecule has 0 saturated carbocycles. The molecule has 1 saturated heterocycles. The minimum Gasteiger partial charge on any atom is -0.493 e. The summed E-state index contributed by atoms with van der Waals surface area (Å²) in [4.78, 5) is 19.3. The predicted octanol–water partition coefficient (Wildman–Crippen LogP) is 5.19. The standard InChI is InChI=1S/C28H31FN2O5/c1-3-14-35-24-11-10-20(16-25(24)33-2)18-31(19-21-7-6-15-34-21)28(32)13-12-27-30-17-26(36-27)22-8-4-5-9-23(22)29/h3-5,8-11,16-17,21H,1,6-7,12-15,18-19H2,2H3. The van der Waals surface area contributed by atoms with Crippen molar-refractivity contribution in [3.05, 3.63) is 78.6 Å². The number of carbonyl (C=O) groups is 1. The van der Waals surface area contributed by atoms with Crippen LogP contribution in [0.4, 0.5) is 4.39 Å². The minimum absolute atomic E-state index is 0.0143. The summed E-state index contributed by atoms with van der Waals surface area (Å²) in [7, 11) is 1.58. The fraction of sp³-hybridized carbons (Fsp3) is 0.357. The Morgan fingerprint density at radius 1 is 1.28 bits per heavy atom. The lowest BCUT2D eigenvalue weighted by atomic mass is 10.1. The molecule has 36 heavy (non-hydrogen) atoms. The van der Waals surface area contributed by atoms with Crippen molar-refractivity contribution in [1.82, 2.24) is 9.88 Å². The van der Waals surface area contributed by atoms with Crippen LogP contribution in [0.5, 0.6) is 11.5 Å². The van der Waals surface area contributed by atoms with E-state index in [1.54, 1.807) is 36.3 Å². The number of hydrogen-bond acceptors (Lipinski definition) is 6. The van der Waals surface area contributed by atoms with Gasteiger partial charge in [-0.2, -0.15) is 0 Å². The number of benzene rings is 2. The molecule has 0 N–H and O–H groups in total. The van der Waals surface area contributed by atoms with Crippen molar-refractivity contribution in [3.63, 3.8) is 0 Å². The number of nitrogens with zero attached hydrogens (tertiary/aromatic N) is 2. The number of aromatic nitrogens is 1. The first-order chi connectivity index (χ1) is 17.6. The predicted molar refractivity (Wildman–Crippen MR) is 133 cm³/mol. The van der Waals surface area contributed by atoms with Gasteiger partial charge in [-0.3, -0.25) is 4.79 Å². The van der Waals surface area contributed by atoms with E-state index in [1.807, 2.05) is 18.2 Å². The van der Waals surface area contributed by atoms with Crippen LogP contribution in [-0.2, 0) is 22.5 Å². The van der Waals surface area contributed by atoms with Gasteiger partial charge in [0.1, 0.15) is 12.4 Å². The van der Waals surface area contributed by atoms with E-state index in [-0.39, 0.29) is 24.2 Å². The molecule has 0 spiro atoms. The van der Waals surface area contributed by atoms with Crippen LogP contribution >= 0.6 is 0 Å². The molecule has 1 unspecified atom stereocenters. The summed E-state index contributed by atoms with van der Waals surface area (Å²) in [5, 5.41) is 0. The summed E-state index contributed by atoms with van der Waals surface area (Å²) in [5.41, 5.74) is 1.26. The Morgan fingerprint density at radius 3 is 2.89 bits per heavy atom. The van der Waals surface area contributed by atoms with Crippen molar-refractivity contribution in [2.45, 2.75) is 38.3 Å². The molecular weight excluding hydrogens is 463 g/mol. The zero-order valence-electron chi connectivity index (χ0n) is 20.5. The summed E-state index contributed by atoms with van der Waals surface area (Å²) in [6.07, 6.45) is 5.61. The monoisotopic (exact) mass is 494 g/mol. The number of methoxy groups -OCH3 is 1. The lowest BCUT2D eigenvalue weighted by Crippen LogP contribution is -2.37. The number of ether oxygens (including phenoxy) is 3. The molecule has 1 amide bonds. The summed E-state index contributed by atoms with van der Waals surface area (Å²) >= 11 is 0. The number of halogens is 1. The summed E-state index contributed by atoms with van der Waals surface area (Å²) in [6.45, 7) is 5.66. The Bertz CT molecular complexity index is 1170. The molecule has 0 bridgehead atoms. The van der Waals surface area contributed by atoms with E-state index in [1.165, 1.54) is 12.3 Å². The van der Waals surface area contributed by atoms with Crippen molar-refractivity contribution in [2.75, 3.05) is 26.9 Å². The zero-order chi connectivity index (χ0) is 25.3. The Labute approximate surface area is 210 Å². The molecule has 0 aliphatic carbocycles. The van der Waals surface area contributed by atoms with E-state index in [9.17, 15) is 9.18 Å². The second kappa shape index (κ2) is 12.4. The first kappa shape index (κ1) is 25.4. The van der Waals surface area contributed by atoms with Crippen molar-refractivity contribution in [3.8, 4) is 22.8 Å². The third-order valence-electron chi connectivity index (χ3n) is 6.00. The van der Waals surface area contributed by atoms with E-state index < -0.39 is 0 Å². The Hall–Kier alpha value is -3.65. The number of aryl methyl sites for hydroxylation is 1. The van der Waals surface area contributed by atoms with Crippen LogP contribution in [0, 0.1) is 5.82 Å². The maximum absolute atomic E-state index is 14.1. The molecule has 1 aromatic heterocycles. The van der Waals surface area contributed by atoms with Gasteiger partial charge in [0, 0.05) is 32.5 Å². The van der Waals surface area contributed by atoms with Crippen molar-refractivity contribution in [2.24, 2.45) is 0 Å². The molecule has 1 atom stereocenters. The van der Waals surface area contributed by atoms with Gasteiger partial charge in [0.15, 0.2) is 23.1 Å². The highest BCUT2D eigenvalue weighted by molar-refractivity contribution is 5.76. The number of amides is 1. The van der Waals surface area contributed by atoms with Gasteiger partial charge >= 0.3 is 0 Å². The fourth-order valence-electron chi connectivity index (χ4n) is 4.17. The molecule has 2 heterocycles. The van der Waals surface area contributed by atoms with Crippen LogP contribution in [0.2, 0.25) is 0 Å². The van der Waals surface area contributed by atoms with Crippen molar-refractivity contribution >= 4 is 5.91 Å². The van der Waals surface area contributed by atoms with Crippen LogP contribution in [0.25, 0.3) is 11.3 Å². The second-order valence-corrected chi connectivity index (χ2v) is 8.59. The van der Waals surface area contributed by atoms with E-state index in [2.05, 4.69) is 11.6 Å². The van der Waals surface area contributed by atoms with Gasteiger partial charge < -0.3 is 23.5 Å². The van der Waals surface area contributed by atoms with Gasteiger partial charge in [-0.25, -0.2) is 9.37 Å². The van der Waals surface area contributed by atoms with Gasteiger partial charge in [-0.05, 0) is 42.7 Å². The number of carbonyl (C=O) groups excluding carboxylic acids is 1. The van der Waals surface area contributed by atoms with Gasteiger partial charge in [0.25, 0.3) is 0 Å². The molecule has 1 aliphatic rings. The van der Waals surface area contributed by atoms with Gasteiger partial charge in [0.05, 0.1) is 25.0 Å². The van der Waals surface area contributed by atoms with E-state index in [0.717, 1.165) is 18.4 Å². The Morgan fingerprint density at radius 2 is 2.14 bits per heavy atom. The maximum Gasteiger partial charge on any atom is 0.223 e. The normalized spacial score (nSPS) is 15.0. The molecule has 7 nitrogen and oxygen atoms in total. The van der Waals surface area contributed by atoms with Gasteiger partial charge in [0.2, 0.25) is 5.91 Å². The Balaban J connectivity index is 1.44. The zero-order valence-corrected chi connectivity index (χ0v) is 20.5. The highest BCUT2D eigenvalue weighted by Gasteiger charge is 2.24. The van der Waals surface area contributed by atoms with Crippen LogP contribution in [0.15, 0.2) is 65.7 Å². The minimum atomic E-state index is -0.379. The molecule has 1 aliphatic heterocycles. The smallest absolute Gasteiger partial charge is 0.223 e. The van der Waals surface area contributed by atoms with Gasteiger partial charge in [-0.1, -0.05) is 30.9 Å². The quantitative estimate of drug-likeness (QED) is 0.323. The number of hydrogen-bond donors (Lipinski definition) is 0. The van der Waals surface area contributed by atoms with Crippen LogP contribution in [0.3, 0.4) is 0 Å². The number of oxazole rings is 1. The van der Waals surface area contributed by atoms with Gasteiger partial charge in [-0.15, -0.1) is 0 Å². The highest BCUT2D eigenvalue weighted by atomic mass is 19.1. The summed E-state index contributed by atoms with van der Waals surface area (Å²) < 4.78 is 36.7. The average Bonchev–Trinajstić information content (AvgIpc) is 3.58. The fourth-order valence-corrected chi connectivity index (χ4v) is 4.17. The third-order valence-corrected chi connectivity index (χ3v) is 6.00. The van der Waals surface area contributed by atoms with E-state index >= 15 is 0 Å². The first-order valence-corrected chi connectivity index (χ1v) is 12.1. The lowest BCUT2D eigenvalue weighted by molar-refractivity contribution is -0.133. The average molecular weight is 495 g/mol. The van der Waals surface area contributed by atoms with Crippen LogP contribution in [-0.4, -0.2) is 48.8 Å². The van der Waals surface area contributed by atoms with Crippen LogP contribution < -0.4 is 9.47 Å². The first-order valence-electron chi connectivity index (χ1n) is 12.1. The molecule has 3 aromatic rings. The van der Waals surface area contributed by atoms with E-state index in [0.29, 0.717) is 61.4 Å². The Kier molecular flexibility index (Phi) is 8.73. The second-order valence-electron chi connectivity index (χ2n) is 8.59. The van der Waals surface area contributed by atoms with Crippen molar-refractivity contribution in [1.29, 1.82) is 0 Å². The topological polar surface area (TPSA) is 74.0 Å². The third kappa shape index (κ3) is 6.51. The molecule has 1 fully saturated rings. The molecule has 2 aromatic carbocycles. The molecule has 190 valence electrons. The van der Waals surface area contributed by atoms with Crippen LogP contribution in [0.1, 0.15) is 30.7 Å². The summed E-state index contributed by atoms with van der Waals surface area (Å²) in [5.74, 6) is 1.53. The molecule has 8 heteroatoms. The summed E-state index contributed by atoms with van der Waals surface area (Å²) in [6, 6.07) is 12.0. The maximum atomic E-state index is 14.1. The molecular formula is C28H31FN2O5. The number of rotatable bonds is 12. The molecule has 4 rings (SSSR count). The highest BCUT2D eigenvalue weighted by Crippen LogP contribution is 2.29. The SMILES string of the molecule is C=CCOc1ccc(CN(CC2CCCO2)C(=O)CCc2ncc(-c3ccccc3F)o2)cc1OC. The molecule has 0 radical (unpaired) electrons. The largest absolute Gasteiger partial charge is 0.493 e.